The van der Waals surface area contributed by atoms with Gasteiger partial charge in [-0.15, -0.1) is 0 Å². The summed E-state index contributed by atoms with van der Waals surface area (Å²) >= 11 is -0.992. The molecule has 0 spiro atoms. The predicted octanol–water partition coefficient (Wildman–Crippen LogP) is 5.89. The van der Waals surface area contributed by atoms with Crippen molar-refractivity contribution in [2.24, 2.45) is 0 Å². The zero-order valence-electron chi connectivity index (χ0n) is 20.4. The van der Waals surface area contributed by atoms with Crippen LogP contribution in [0.4, 0.5) is 4.39 Å². The van der Waals surface area contributed by atoms with Gasteiger partial charge >= 0.3 is 222 Å². The van der Waals surface area contributed by atoms with E-state index in [0.717, 1.165) is 52.9 Å². The molecule has 0 saturated carbocycles. The van der Waals surface area contributed by atoms with Crippen LogP contribution in [0, 0.1) is 5.82 Å². The normalized spacial score (nSPS) is 15.2. The Labute approximate surface area is 221 Å². The van der Waals surface area contributed by atoms with E-state index in [4.69, 9.17) is 15.1 Å². The molecule has 1 aliphatic carbocycles. The molecule has 1 aromatic heterocycles. The Morgan fingerprint density at radius 3 is 2.62 bits per heavy atom. The molecule has 1 N–H and O–H groups in total. The first-order valence-corrected chi connectivity index (χ1v) is 14.9. The fraction of sp³-hybridized carbons (Fsp3) is 0.267. The molecule has 7 heteroatoms. The van der Waals surface area contributed by atoms with Gasteiger partial charge in [0.2, 0.25) is 0 Å². The van der Waals surface area contributed by atoms with Crippen molar-refractivity contribution in [2.75, 3.05) is 0 Å². The molecule has 1 heterocycles. The van der Waals surface area contributed by atoms with Gasteiger partial charge < -0.3 is 0 Å². The molecule has 0 aliphatic heterocycles. The van der Waals surface area contributed by atoms with Crippen molar-refractivity contribution in [3.05, 3.63) is 94.9 Å². The summed E-state index contributed by atoms with van der Waals surface area (Å²) in [7, 11) is 0. The first-order chi connectivity index (χ1) is 18.0. The standard InChI is InChI=1S/C30H28AsFN2O3/c32-22-14-15-23-20(17-22)9-6-10-24(23)31-30(37)21-13-16-25-27(18-21)33-26(11-4-5-12-28(35)36)29(34-25)19-7-2-1-3-8-19/h1-3,7-8,13-18,24,31H,4-6,9-12H2,(H,35,36)/t24-/m1/s1. The summed E-state index contributed by atoms with van der Waals surface area (Å²) in [5, 5.41) is 8.98. The average Bonchev–Trinajstić information content (AvgIpc) is 2.90. The van der Waals surface area contributed by atoms with E-state index in [-0.39, 0.29) is 21.5 Å². The molecular formula is C30H28AsFN2O3. The van der Waals surface area contributed by atoms with Crippen LogP contribution in [-0.2, 0) is 17.6 Å². The van der Waals surface area contributed by atoms with E-state index in [0.29, 0.717) is 30.3 Å². The second-order valence-corrected chi connectivity index (χ2v) is 12.5. The first kappa shape index (κ1) is 25.3. The molecule has 1 unspecified atom stereocenters. The minimum atomic E-state index is -0.992. The monoisotopic (exact) mass is 558 g/mol. The summed E-state index contributed by atoms with van der Waals surface area (Å²) in [4.78, 5) is 34.1. The molecule has 37 heavy (non-hydrogen) atoms. The average molecular weight is 558 g/mol. The number of halogens is 1. The number of aromatic nitrogens is 2. The van der Waals surface area contributed by atoms with E-state index >= 15 is 0 Å². The molecule has 0 amide bonds. The summed E-state index contributed by atoms with van der Waals surface area (Å²) in [5.74, 6) is -1.02. The van der Waals surface area contributed by atoms with Crippen LogP contribution in [0.25, 0.3) is 22.3 Å². The van der Waals surface area contributed by atoms with Crippen molar-refractivity contribution in [1.29, 1.82) is 0 Å². The van der Waals surface area contributed by atoms with Crippen molar-refractivity contribution < 1.29 is 19.1 Å². The van der Waals surface area contributed by atoms with Crippen LogP contribution >= 0.6 is 0 Å². The van der Waals surface area contributed by atoms with Crippen LogP contribution in [0.2, 0.25) is 0 Å². The molecule has 0 saturated heterocycles. The Bertz CT molecular complexity index is 1460. The maximum atomic E-state index is 13.7. The number of hydrogen-bond donors (Lipinski definition) is 1. The fourth-order valence-corrected chi connectivity index (χ4v) is 7.96. The Morgan fingerprint density at radius 1 is 0.973 bits per heavy atom. The third-order valence-electron chi connectivity index (χ3n) is 6.82. The van der Waals surface area contributed by atoms with Gasteiger partial charge in [-0.2, -0.15) is 0 Å². The molecular weight excluding hydrogens is 530 g/mol. The van der Waals surface area contributed by atoms with E-state index in [1.165, 1.54) is 6.07 Å². The van der Waals surface area contributed by atoms with Crippen molar-refractivity contribution >= 4 is 37.3 Å². The summed E-state index contributed by atoms with van der Waals surface area (Å²) in [6.07, 6.45) is 4.82. The van der Waals surface area contributed by atoms with Crippen LogP contribution in [0.15, 0.2) is 66.7 Å². The van der Waals surface area contributed by atoms with E-state index < -0.39 is 21.7 Å². The van der Waals surface area contributed by atoms with Gasteiger partial charge in [0, 0.05) is 0 Å². The van der Waals surface area contributed by atoms with Crippen LogP contribution in [0.3, 0.4) is 0 Å². The molecule has 2 atom stereocenters. The number of unbranched alkanes of at least 4 members (excludes halogenated alkanes) is 1. The Balaban J connectivity index is 1.42. The number of carboxylic acid groups (broad SMARTS) is 1. The quantitative estimate of drug-likeness (QED) is 0.205. The topological polar surface area (TPSA) is 80.1 Å². The molecule has 0 bridgehead atoms. The number of hydrogen-bond acceptors (Lipinski definition) is 4. The Hall–Kier alpha value is -3.37. The van der Waals surface area contributed by atoms with Gasteiger partial charge in [0.1, 0.15) is 0 Å². The van der Waals surface area contributed by atoms with E-state index in [1.54, 1.807) is 6.07 Å². The molecule has 1 aliphatic rings. The second kappa shape index (κ2) is 11.3. The van der Waals surface area contributed by atoms with Crippen LogP contribution in [-0.4, -0.2) is 41.4 Å². The third kappa shape index (κ3) is 5.97. The summed E-state index contributed by atoms with van der Waals surface area (Å²) in [6, 6.07) is 20.4. The second-order valence-electron chi connectivity index (χ2n) is 9.45. The zero-order chi connectivity index (χ0) is 25.8. The molecule has 4 aromatic rings. The first-order valence-electron chi connectivity index (χ1n) is 12.6. The number of carbonyl (C=O) groups excluding carboxylic acids is 1. The molecule has 5 nitrogen and oxygen atoms in total. The number of benzene rings is 3. The molecule has 188 valence electrons. The number of carbonyl (C=O) groups is 2. The van der Waals surface area contributed by atoms with Gasteiger partial charge in [0.05, 0.1) is 0 Å². The van der Waals surface area contributed by atoms with Crippen LogP contribution < -0.4 is 0 Å². The van der Waals surface area contributed by atoms with Crippen molar-refractivity contribution in [1.82, 2.24) is 9.97 Å². The fourth-order valence-electron chi connectivity index (χ4n) is 4.98. The summed E-state index contributed by atoms with van der Waals surface area (Å²) in [6.45, 7) is 0. The number of fused-ring (bicyclic) bond motifs is 2. The number of aryl methyl sites for hydroxylation is 2. The van der Waals surface area contributed by atoms with Gasteiger partial charge in [-0.3, -0.25) is 0 Å². The number of aliphatic carboxylic acids is 1. The van der Waals surface area contributed by atoms with Gasteiger partial charge in [0.15, 0.2) is 0 Å². The number of nitrogens with zero attached hydrogens (tertiary/aromatic N) is 2. The predicted molar refractivity (Wildman–Crippen MR) is 144 cm³/mol. The van der Waals surface area contributed by atoms with Crippen molar-refractivity contribution in [2.45, 2.75) is 49.7 Å². The van der Waals surface area contributed by atoms with Gasteiger partial charge in [-0.1, -0.05) is 0 Å². The SMILES string of the molecule is O=C(O)CCCCc1nc2cc(C(=O)[AsH][C@@H]3CCCc4cc(F)ccc43)ccc2nc1-c1ccccc1. The third-order valence-corrected chi connectivity index (χ3v) is 9.97. The van der Waals surface area contributed by atoms with E-state index in [2.05, 4.69) is 0 Å². The van der Waals surface area contributed by atoms with E-state index in [1.807, 2.05) is 54.6 Å². The van der Waals surface area contributed by atoms with Crippen molar-refractivity contribution in [3.8, 4) is 11.3 Å². The van der Waals surface area contributed by atoms with Gasteiger partial charge in [-0.05, 0) is 0 Å². The summed E-state index contributed by atoms with van der Waals surface area (Å²) in [5.41, 5.74) is 6.80. The van der Waals surface area contributed by atoms with Gasteiger partial charge in [0.25, 0.3) is 0 Å². The zero-order valence-corrected chi connectivity index (χ0v) is 22.5. The Kier molecular flexibility index (Phi) is 7.76. The van der Waals surface area contributed by atoms with Crippen molar-refractivity contribution in [3.63, 3.8) is 0 Å². The van der Waals surface area contributed by atoms with Crippen LogP contribution in [0.1, 0.15) is 64.0 Å². The van der Waals surface area contributed by atoms with Crippen LogP contribution in [0.5, 0.6) is 0 Å². The number of rotatable bonds is 9. The Morgan fingerprint density at radius 2 is 1.81 bits per heavy atom. The molecule has 0 radical (unpaired) electrons. The molecule has 0 fully saturated rings. The minimum absolute atomic E-state index is 0.126. The molecule has 5 rings (SSSR count). The van der Waals surface area contributed by atoms with E-state index in [9.17, 15) is 14.0 Å². The maximum absolute atomic E-state index is 13.7. The van der Waals surface area contributed by atoms with Gasteiger partial charge in [-0.25, -0.2) is 0 Å². The number of carboxylic acids is 1. The summed E-state index contributed by atoms with van der Waals surface area (Å²) < 4.78 is 14.1. The molecule has 3 aromatic carbocycles.